The Bertz CT molecular complexity index is 1280. The van der Waals surface area contributed by atoms with Crippen molar-refractivity contribution in [2.45, 2.75) is 26.3 Å². The maximum Gasteiger partial charge on any atom is 0.257 e. The minimum absolute atomic E-state index is 0.192. The van der Waals surface area contributed by atoms with E-state index in [1.807, 2.05) is 6.07 Å². The Morgan fingerprint density at radius 3 is 2.29 bits per heavy atom. The van der Waals surface area contributed by atoms with E-state index in [0.717, 1.165) is 5.56 Å². The quantitative estimate of drug-likeness (QED) is 0.462. The fourth-order valence-electron chi connectivity index (χ4n) is 3.37. The molecular formula is C26H21Cl2N3O3. The maximum atomic E-state index is 12.7. The minimum atomic E-state index is -0.740. The van der Waals surface area contributed by atoms with Gasteiger partial charge < -0.3 is 10.6 Å². The lowest BCUT2D eigenvalue weighted by Crippen LogP contribution is -2.41. The van der Waals surface area contributed by atoms with Gasteiger partial charge in [-0.3, -0.25) is 14.4 Å². The van der Waals surface area contributed by atoms with Crippen LogP contribution < -0.4 is 10.6 Å². The summed E-state index contributed by atoms with van der Waals surface area (Å²) < 4.78 is 0. The van der Waals surface area contributed by atoms with Gasteiger partial charge >= 0.3 is 0 Å². The van der Waals surface area contributed by atoms with Gasteiger partial charge in [0.2, 0.25) is 0 Å². The predicted octanol–water partition coefficient (Wildman–Crippen LogP) is 5.36. The van der Waals surface area contributed by atoms with E-state index in [2.05, 4.69) is 10.6 Å². The standard InChI is InChI=1S/C26H21Cl2N3O3/c1-15-4-3-5-22(28)24(15)26(34)31-23(16(2)32)13-17-6-9-19(10-7-17)30-25(33)20-12-18(14-29)8-11-21(20)27/h3-12,23H,13H2,1-2H3,(H,30,33)(H,31,34). The number of amides is 2. The highest BCUT2D eigenvalue weighted by atomic mass is 35.5. The first kappa shape index (κ1) is 25.0. The smallest absolute Gasteiger partial charge is 0.257 e. The molecule has 0 heterocycles. The predicted molar refractivity (Wildman–Crippen MR) is 132 cm³/mol. The van der Waals surface area contributed by atoms with Gasteiger partial charge in [-0.05, 0) is 67.8 Å². The summed E-state index contributed by atoms with van der Waals surface area (Å²) >= 11 is 12.3. The molecule has 0 saturated heterocycles. The summed E-state index contributed by atoms with van der Waals surface area (Å²) in [7, 11) is 0. The zero-order valence-electron chi connectivity index (χ0n) is 18.5. The van der Waals surface area contributed by atoms with Gasteiger partial charge in [-0.2, -0.15) is 5.26 Å². The maximum absolute atomic E-state index is 12.7. The Kier molecular flexibility index (Phi) is 8.06. The first-order chi connectivity index (χ1) is 16.2. The molecule has 0 aliphatic rings. The molecule has 3 rings (SSSR count). The summed E-state index contributed by atoms with van der Waals surface area (Å²) in [5.41, 5.74) is 2.88. The van der Waals surface area contributed by atoms with E-state index in [0.29, 0.717) is 27.4 Å². The van der Waals surface area contributed by atoms with Crippen molar-refractivity contribution >= 4 is 46.5 Å². The van der Waals surface area contributed by atoms with Crippen LogP contribution in [0.2, 0.25) is 10.0 Å². The van der Waals surface area contributed by atoms with E-state index < -0.39 is 17.9 Å². The van der Waals surface area contributed by atoms with Crippen LogP contribution in [0.15, 0.2) is 60.7 Å². The molecule has 172 valence electrons. The second kappa shape index (κ2) is 11.0. The Hall–Kier alpha value is -3.66. The normalized spacial score (nSPS) is 11.3. The number of aryl methyl sites for hydroxylation is 1. The third kappa shape index (κ3) is 6.02. The van der Waals surface area contributed by atoms with Gasteiger partial charge in [0.25, 0.3) is 11.8 Å². The van der Waals surface area contributed by atoms with E-state index in [1.165, 1.54) is 25.1 Å². The van der Waals surface area contributed by atoms with Crippen molar-refractivity contribution in [2.75, 3.05) is 5.32 Å². The average Bonchev–Trinajstić information content (AvgIpc) is 2.80. The number of carbonyl (C=O) groups excluding carboxylic acids is 3. The van der Waals surface area contributed by atoms with Gasteiger partial charge in [-0.15, -0.1) is 0 Å². The fraction of sp³-hybridized carbons (Fsp3) is 0.154. The zero-order chi connectivity index (χ0) is 24.8. The Labute approximate surface area is 207 Å². The Morgan fingerprint density at radius 1 is 0.971 bits per heavy atom. The number of hydrogen-bond acceptors (Lipinski definition) is 4. The molecule has 8 heteroatoms. The third-order valence-electron chi connectivity index (χ3n) is 5.24. The molecule has 3 aromatic rings. The molecule has 0 radical (unpaired) electrons. The molecule has 0 fully saturated rings. The Morgan fingerprint density at radius 2 is 1.68 bits per heavy atom. The van der Waals surface area contributed by atoms with E-state index in [4.69, 9.17) is 28.5 Å². The van der Waals surface area contributed by atoms with E-state index >= 15 is 0 Å². The van der Waals surface area contributed by atoms with Crippen LogP contribution >= 0.6 is 23.2 Å². The molecule has 0 saturated carbocycles. The molecule has 0 aliphatic heterocycles. The number of nitrogens with zero attached hydrogens (tertiary/aromatic N) is 1. The average molecular weight is 494 g/mol. The molecule has 0 aromatic heterocycles. The van der Waals surface area contributed by atoms with Gasteiger partial charge in [-0.1, -0.05) is 47.5 Å². The van der Waals surface area contributed by atoms with Crippen LogP contribution in [-0.4, -0.2) is 23.6 Å². The summed E-state index contributed by atoms with van der Waals surface area (Å²) in [4.78, 5) is 37.5. The highest BCUT2D eigenvalue weighted by Gasteiger charge is 2.21. The van der Waals surface area contributed by atoms with Crippen LogP contribution in [0, 0.1) is 18.3 Å². The molecule has 0 bridgehead atoms. The largest absolute Gasteiger partial charge is 0.342 e. The lowest BCUT2D eigenvalue weighted by molar-refractivity contribution is -0.118. The van der Waals surface area contributed by atoms with Crippen LogP contribution in [0.25, 0.3) is 0 Å². The van der Waals surface area contributed by atoms with Crippen LogP contribution in [0.5, 0.6) is 0 Å². The summed E-state index contributed by atoms with van der Waals surface area (Å²) in [6.07, 6.45) is 0.273. The first-order valence-electron chi connectivity index (χ1n) is 10.4. The molecule has 3 aromatic carbocycles. The number of nitrogens with one attached hydrogen (secondary N) is 2. The summed E-state index contributed by atoms with van der Waals surface area (Å²) in [5.74, 6) is -1.05. The summed E-state index contributed by atoms with van der Waals surface area (Å²) in [6.45, 7) is 3.19. The van der Waals surface area contributed by atoms with Crippen molar-refractivity contribution in [1.82, 2.24) is 5.32 Å². The van der Waals surface area contributed by atoms with E-state index in [-0.39, 0.29) is 22.8 Å². The van der Waals surface area contributed by atoms with Gasteiger partial charge in [0.15, 0.2) is 5.78 Å². The Balaban J connectivity index is 1.70. The number of nitriles is 1. The van der Waals surface area contributed by atoms with Crippen LogP contribution in [-0.2, 0) is 11.2 Å². The molecule has 6 nitrogen and oxygen atoms in total. The minimum Gasteiger partial charge on any atom is -0.342 e. The number of ketones is 1. The SMILES string of the molecule is CC(=O)C(Cc1ccc(NC(=O)c2cc(C#N)ccc2Cl)cc1)NC(=O)c1c(C)cccc1Cl. The molecule has 2 amide bonds. The lowest BCUT2D eigenvalue weighted by Gasteiger charge is -2.18. The molecule has 34 heavy (non-hydrogen) atoms. The van der Waals surface area contributed by atoms with Crippen LogP contribution in [0.1, 0.15) is 44.3 Å². The summed E-state index contributed by atoms with van der Waals surface area (Å²) in [5, 5.41) is 15.1. The molecule has 0 aliphatic carbocycles. The topological polar surface area (TPSA) is 99.1 Å². The summed E-state index contributed by atoms with van der Waals surface area (Å²) in [6, 6.07) is 17.7. The number of Topliss-reactive ketones (excluding diaryl/α,β-unsaturated/α-hetero) is 1. The molecule has 1 unspecified atom stereocenters. The first-order valence-corrected chi connectivity index (χ1v) is 11.1. The van der Waals surface area contributed by atoms with Crippen molar-refractivity contribution in [2.24, 2.45) is 0 Å². The van der Waals surface area contributed by atoms with Crippen molar-refractivity contribution < 1.29 is 14.4 Å². The number of rotatable bonds is 7. The van der Waals surface area contributed by atoms with Gasteiger partial charge in [0.1, 0.15) is 0 Å². The van der Waals surface area contributed by atoms with Crippen LogP contribution in [0.4, 0.5) is 5.69 Å². The van der Waals surface area contributed by atoms with Gasteiger partial charge in [-0.25, -0.2) is 0 Å². The number of hydrogen-bond donors (Lipinski definition) is 2. The fourth-order valence-corrected chi connectivity index (χ4v) is 3.88. The van der Waals surface area contributed by atoms with Crippen molar-refractivity contribution in [1.29, 1.82) is 5.26 Å². The third-order valence-corrected chi connectivity index (χ3v) is 5.88. The number of halogens is 2. The number of anilines is 1. The highest BCUT2D eigenvalue weighted by Crippen LogP contribution is 2.21. The molecule has 0 spiro atoms. The highest BCUT2D eigenvalue weighted by molar-refractivity contribution is 6.34. The molecule has 1 atom stereocenters. The molecular weight excluding hydrogens is 473 g/mol. The van der Waals surface area contributed by atoms with Crippen LogP contribution in [0.3, 0.4) is 0 Å². The van der Waals surface area contributed by atoms with Crippen molar-refractivity contribution in [3.8, 4) is 6.07 Å². The number of carbonyl (C=O) groups is 3. The van der Waals surface area contributed by atoms with E-state index in [1.54, 1.807) is 49.4 Å². The van der Waals surface area contributed by atoms with Crippen molar-refractivity contribution in [3.63, 3.8) is 0 Å². The monoisotopic (exact) mass is 493 g/mol. The second-order valence-corrected chi connectivity index (χ2v) is 8.54. The second-order valence-electron chi connectivity index (χ2n) is 7.73. The van der Waals surface area contributed by atoms with Crippen molar-refractivity contribution in [3.05, 3.63) is 98.5 Å². The molecule has 2 N–H and O–H groups in total. The lowest BCUT2D eigenvalue weighted by atomic mass is 10.0. The zero-order valence-corrected chi connectivity index (χ0v) is 20.0. The van der Waals surface area contributed by atoms with E-state index in [9.17, 15) is 14.4 Å². The van der Waals surface area contributed by atoms with Gasteiger partial charge in [0, 0.05) is 5.69 Å². The number of benzene rings is 3. The van der Waals surface area contributed by atoms with Gasteiger partial charge in [0.05, 0.1) is 38.8 Å².